The molecule has 1 saturated heterocycles. The molecular weight excluding hydrogens is 438 g/mol. The molecule has 0 radical (unpaired) electrons. The van der Waals surface area contributed by atoms with Crippen molar-refractivity contribution in [2.45, 2.75) is 45.6 Å². The van der Waals surface area contributed by atoms with E-state index in [0.29, 0.717) is 22.9 Å². The molecular formula is C30H31NO4. The van der Waals surface area contributed by atoms with Crippen LogP contribution >= 0.6 is 0 Å². The summed E-state index contributed by atoms with van der Waals surface area (Å²) in [6, 6.07) is 21.6. The van der Waals surface area contributed by atoms with E-state index in [9.17, 15) is 14.7 Å². The van der Waals surface area contributed by atoms with Crippen molar-refractivity contribution in [3.63, 3.8) is 0 Å². The summed E-state index contributed by atoms with van der Waals surface area (Å²) in [6.07, 6.45) is 0. The van der Waals surface area contributed by atoms with Gasteiger partial charge in [-0.05, 0) is 58.9 Å². The highest BCUT2D eigenvalue weighted by Crippen LogP contribution is 2.43. The third kappa shape index (κ3) is 4.46. The van der Waals surface area contributed by atoms with Crippen LogP contribution in [0.5, 0.6) is 5.75 Å². The molecule has 4 rings (SSSR count). The van der Waals surface area contributed by atoms with Gasteiger partial charge in [-0.25, -0.2) is 0 Å². The number of carbonyl (C=O) groups excluding carboxylic acids is 2. The first-order valence-corrected chi connectivity index (χ1v) is 11.9. The van der Waals surface area contributed by atoms with Crippen LogP contribution < -0.4 is 9.64 Å². The number of aliphatic hydroxyl groups is 1. The molecule has 1 heterocycles. The van der Waals surface area contributed by atoms with Crippen molar-refractivity contribution in [1.82, 2.24) is 0 Å². The van der Waals surface area contributed by atoms with Crippen molar-refractivity contribution in [1.29, 1.82) is 0 Å². The predicted octanol–water partition coefficient (Wildman–Crippen LogP) is 6.57. The van der Waals surface area contributed by atoms with E-state index in [4.69, 9.17) is 4.74 Å². The van der Waals surface area contributed by atoms with Crippen LogP contribution in [-0.2, 0) is 9.59 Å². The number of carbonyl (C=O) groups is 2. The Morgan fingerprint density at radius 1 is 0.886 bits per heavy atom. The maximum atomic E-state index is 13.4. The van der Waals surface area contributed by atoms with E-state index in [2.05, 4.69) is 13.8 Å². The average molecular weight is 470 g/mol. The molecule has 35 heavy (non-hydrogen) atoms. The van der Waals surface area contributed by atoms with Gasteiger partial charge in [-0.15, -0.1) is 0 Å². The third-order valence-corrected chi connectivity index (χ3v) is 6.52. The van der Waals surface area contributed by atoms with Crippen molar-refractivity contribution in [2.75, 3.05) is 12.0 Å². The molecule has 3 aromatic rings. The number of nitrogens with zero attached hydrogens (tertiary/aromatic N) is 1. The normalized spacial score (nSPS) is 17.5. The number of anilines is 1. The standard InChI is InChI=1S/C30H31NO4/c1-18(2)20-11-14-23(15-12-20)31-27(21-9-7-6-8-10-21)26(29(33)30(31)34)28(32)22-13-16-25(35-5)24(17-22)19(3)4/h6-19,27,32H,1-5H3/b28-26-. The Kier molecular flexibility index (Phi) is 6.79. The van der Waals surface area contributed by atoms with Gasteiger partial charge in [-0.1, -0.05) is 70.2 Å². The van der Waals surface area contributed by atoms with Gasteiger partial charge in [-0.3, -0.25) is 14.5 Å². The van der Waals surface area contributed by atoms with Crippen LogP contribution in [0.2, 0.25) is 0 Å². The van der Waals surface area contributed by atoms with Crippen LogP contribution in [0.25, 0.3) is 5.76 Å². The molecule has 1 N–H and O–H groups in total. The smallest absolute Gasteiger partial charge is 0.300 e. The summed E-state index contributed by atoms with van der Waals surface area (Å²) in [5.41, 5.74) is 3.96. The summed E-state index contributed by atoms with van der Waals surface area (Å²) in [6.45, 7) is 8.27. The van der Waals surface area contributed by atoms with Gasteiger partial charge < -0.3 is 9.84 Å². The number of ketones is 1. The second kappa shape index (κ2) is 9.79. The van der Waals surface area contributed by atoms with Crippen LogP contribution in [0.3, 0.4) is 0 Å². The number of hydrogen-bond acceptors (Lipinski definition) is 4. The molecule has 180 valence electrons. The minimum absolute atomic E-state index is 0.0778. The first-order valence-electron chi connectivity index (χ1n) is 11.9. The lowest BCUT2D eigenvalue weighted by Crippen LogP contribution is -2.29. The Bertz CT molecular complexity index is 1270. The van der Waals surface area contributed by atoms with Gasteiger partial charge in [0.05, 0.1) is 18.7 Å². The maximum Gasteiger partial charge on any atom is 0.300 e. The second-order valence-corrected chi connectivity index (χ2v) is 9.44. The Hall–Kier alpha value is -3.86. The van der Waals surface area contributed by atoms with Crippen LogP contribution in [0.15, 0.2) is 78.4 Å². The lowest BCUT2D eigenvalue weighted by atomic mass is 9.93. The number of benzene rings is 3. The summed E-state index contributed by atoms with van der Waals surface area (Å²) < 4.78 is 5.47. The summed E-state index contributed by atoms with van der Waals surface area (Å²) >= 11 is 0. The van der Waals surface area contributed by atoms with Gasteiger partial charge in [0.25, 0.3) is 11.7 Å². The van der Waals surface area contributed by atoms with Gasteiger partial charge in [0.1, 0.15) is 11.5 Å². The Morgan fingerprint density at radius 3 is 2.11 bits per heavy atom. The molecule has 0 aromatic heterocycles. The van der Waals surface area contributed by atoms with Gasteiger partial charge >= 0.3 is 0 Å². The molecule has 1 aliphatic heterocycles. The lowest BCUT2D eigenvalue weighted by molar-refractivity contribution is -0.132. The monoisotopic (exact) mass is 469 g/mol. The average Bonchev–Trinajstić information content (AvgIpc) is 3.14. The van der Waals surface area contributed by atoms with Crippen molar-refractivity contribution in [2.24, 2.45) is 0 Å². The van der Waals surface area contributed by atoms with Crippen LogP contribution in [-0.4, -0.2) is 23.9 Å². The van der Waals surface area contributed by atoms with Gasteiger partial charge in [0.2, 0.25) is 0 Å². The summed E-state index contributed by atoms with van der Waals surface area (Å²) in [5, 5.41) is 11.4. The zero-order valence-corrected chi connectivity index (χ0v) is 20.8. The molecule has 1 fully saturated rings. The van der Waals surface area contributed by atoms with Crippen LogP contribution in [0.1, 0.15) is 67.8 Å². The number of amides is 1. The Labute approximate surface area is 206 Å². The quantitative estimate of drug-likeness (QED) is 0.252. The summed E-state index contributed by atoms with van der Waals surface area (Å²) in [7, 11) is 1.60. The predicted molar refractivity (Wildman–Crippen MR) is 139 cm³/mol. The van der Waals surface area contributed by atoms with Crippen LogP contribution in [0.4, 0.5) is 5.69 Å². The first kappa shape index (κ1) is 24.3. The largest absolute Gasteiger partial charge is 0.507 e. The molecule has 3 aromatic carbocycles. The Morgan fingerprint density at radius 2 is 1.54 bits per heavy atom. The van der Waals surface area contributed by atoms with Gasteiger partial charge in [0, 0.05) is 11.3 Å². The zero-order valence-electron chi connectivity index (χ0n) is 20.8. The van der Waals surface area contributed by atoms with Gasteiger partial charge in [0.15, 0.2) is 0 Å². The molecule has 1 atom stereocenters. The number of rotatable bonds is 6. The van der Waals surface area contributed by atoms with E-state index >= 15 is 0 Å². The molecule has 1 unspecified atom stereocenters. The van der Waals surface area contributed by atoms with Gasteiger partial charge in [-0.2, -0.15) is 0 Å². The van der Waals surface area contributed by atoms with E-state index in [-0.39, 0.29) is 17.3 Å². The van der Waals surface area contributed by atoms with E-state index < -0.39 is 17.7 Å². The maximum absolute atomic E-state index is 13.4. The molecule has 1 aliphatic rings. The molecule has 0 bridgehead atoms. The number of ether oxygens (including phenoxy) is 1. The Balaban J connectivity index is 1.90. The number of aliphatic hydroxyl groups excluding tert-OH is 1. The van der Waals surface area contributed by atoms with E-state index in [0.717, 1.165) is 16.7 Å². The fourth-order valence-corrected chi connectivity index (χ4v) is 4.56. The summed E-state index contributed by atoms with van der Waals surface area (Å²) in [5.74, 6) is -0.356. The minimum atomic E-state index is -0.745. The topological polar surface area (TPSA) is 66.8 Å². The number of methoxy groups -OCH3 is 1. The fourth-order valence-electron chi connectivity index (χ4n) is 4.56. The number of Topliss-reactive ketones (excluding diaryl/α,β-unsaturated/α-hetero) is 1. The van der Waals surface area contributed by atoms with Crippen molar-refractivity contribution in [3.05, 3.63) is 101 Å². The van der Waals surface area contributed by atoms with Crippen molar-refractivity contribution < 1.29 is 19.4 Å². The fraction of sp³-hybridized carbons (Fsp3) is 0.267. The van der Waals surface area contributed by atoms with Crippen molar-refractivity contribution >= 4 is 23.1 Å². The number of hydrogen-bond donors (Lipinski definition) is 1. The highest BCUT2D eigenvalue weighted by Gasteiger charge is 2.47. The SMILES string of the molecule is COc1ccc(/C(O)=C2/C(=O)C(=O)N(c3ccc(C(C)C)cc3)C2c2ccccc2)cc1C(C)C. The highest BCUT2D eigenvalue weighted by molar-refractivity contribution is 6.51. The molecule has 0 saturated carbocycles. The van der Waals surface area contributed by atoms with Crippen LogP contribution in [0, 0.1) is 0 Å². The van der Waals surface area contributed by atoms with Crippen molar-refractivity contribution in [3.8, 4) is 5.75 Å². The second-order valence-electron chi connectivity index (χ2n) is 9.44. The third-order valence-electron chi connectivity index (χ3n) is 6.52. The zero-order chi connectivity index (χ0) is 25.3. The molecule has 0 spiro atoms. The molecule has 1 amide bonds. The summed E-state index contributed by atoms with van der Waals surface area (Å²) in [4.78, 5) is 28.2. The molecule has 5 heteroatoms. The van der Waals surface area contributed by atoms with E-state index in [1.807, 2.05) is 74.5 Å². The first-order chi connectivity index (χ1) is 16.7. The minimum Gasteiger partial charge on any atom is -0.507 e. The molecule has 5 nitrogen and oxygen atoms in total. The highest BCUT2D eigenvalue weighted by atomic mass is 16.5. The van der Waals surface area contributed by atoms with E-state index in [1.165, 1.54) is 4.90 Å². The molecule has 0 aliphatic carbocycles. The lowest BCUT2D eigenvalue weighted by Gasteiger charge is -2.26. The van der Waals surface area contributed by atoms with E-state index in [1.54, 1.807) is 19.2 Å².